The fourth-order valence-corrected chi connectivity index (χ4v) is 3.07. The maximum Gasteiger partial charge on any atom is 0.229 e. The van der Waals surface area contributed by atoms with Crippen molar-refractivity contribution in [1.82, 2.24) is 0 Å². The van der Waals surface area contributed by atoms with Crippen LogP contribution >= 0.6 is 0 Å². The van der Waals surface area contributed by atoms with Crippen LogP contribution in [-0.2, 0) is 9.53 Å². The zero-order valence-corrected chi connectivity index (χ0v) is 11.6. The normalized spacial score (nSPS) is 26.1. The highest BCUT2D eigenvalue weighted by molar-refractivity contribution is 5.95. The molecule has 1 N–H and O–H groups in total. The molecule has 2 aliphatic heterocycles. The van der Waals surface area contributed by atoms with Gasteiger partial charge in [-0.3, -0.25) is 4.79 Å². The second kappa shape index (κ2) is 5.94. The van der Waals surface area contributed by atoms with E-state index in [1.807, 2.05) is 24.3 Å². The number of nitrogens with zero attached hydrogens (tertiary/aromatic N) is 1. The molecular formula is C16H21NO3. The summed E-state index contributed by atoms with van der Waals surface area (Å²) in [6.45, 7) is 1.36. The van der Waals surface area contributed by atoms with E-state index in [9.17, 15) is 9.90 Å². The fraction of sp³-hybridized carbons (Fsp3) is 0.562. The molecule has 4 nitrogen and oxygen atoms in total. The van der Waals surface area contributed by atoms with E-state index in [0.717, 1.165) is 37.1 Å². The number of carbonyl (C=O) groups is 1. The Hall–Kier alpha value is -1.39. The Balaban J connectivity index is 1.73. The van der Waals surface area contributed by atoms with E-state index in [4.69, 9.17) is 4.74 Å². The monoisotopic (exact) mass is 275 g/mol. The molecular weight excluding hydrogens is 254 g/mol. The highest BCUT2D eigenvalue weighted by atomic mass is 16.5. The van der Waals surface area contributed by atoms with Crippen molar-refractivity contribution in [1.29, 1.82) is 0 Å². The number of ether oxygens (including phenoxy) is 1. The average molecular weight is 275 g/mol. The zero-order chi connectivity index (χ0) is 13.9. The lowest BCUT2D eigenvalue weighted by molar-refractivity contribution is -0.122. The summed E-state index contributed by atoms with van der Waals surface area (Å²) in [5, 5.41) is 10.0. The van der Waals surface area contributed by atoms with Gasteiger partial charge in [-0.2, -0.15) is 0 Å². The molecule has 1 fully saturated rings. The molecule has 4 heteroatoms. The van der Waals surface area contributed by atoms with Crippen LogP contribution in [0.2, 0.25) is 0 Å². The molecule has 2 aliphatic rings. The molecule has 0 aromatic heterocycles. The van der Waals surface area contributed by atoms with Crippen LogP contribution in [0.5, 0.6) is 0 Å². The molecule has 0 bridgehead atoms. The van der Waals surface area contributed by atoms with Gasteiger partial charge in [0.1, 0.15) is 0 Å². The van der Waals surface area contributed by atoms with Gasteiger partial charge in [0.15, 0.2) is 0 Å². The average Bonchev–Trinajstić information content (AvgIpc) is 2.49. The van der Waals surface area contributed by atoms with Gasteiger partial charge < -0.3 is 14.7 Å². The second-order valence-corrected chi connectivity index (χ2v) is 5.60. The minimum absolute atomic E-state index is 0.0651. The summed E-state index contributed by atoms with van der Waals surface area (Å²) in [6, 6.07) is 7.63. The number of rotatable bonds is 2. The fourth-order valence-electron chi connectivity index (χ4n) is 3.07. The molecule has 108 valence electrons. The largest absolute Gasteiger partial charge is 0.388 e. The van der Waals surface area contributed by atoms with Gasteiger partial charge in [0.2, 0.25) is 5.91 Å². The van der Waals surface area contributed by atoms with Crippen LogP contribution in [0, 0.1) is 0 Å². The van der Waals surface area contributed by atoms with E-state index in [-0.39, 0.29) is 12.0 Å². The van der Waals surface area contributed by atoms with E-state index < -0.39 is 6.10 Å². The van der Waals surface area contributed by atoms with Crippen molar-refractivity contribution >= 4 is 11.6 Å². The molecule has 2 atom stereocenters. The van der Waals surface area contributed by atoms with Crippen molar-refractivity contribution in [2.45, 2.75) is 44.3 Å². The smallest absolute Gasteiger partial charge is 0.229 e. The summed E-state index contributed by atoms with van der Waals surface area (Å²) in [6.07, 6.45) is 3.88. The van der Waals surface area contributed by atoms with Gasteiger partial charge in [-0.05, 0) is 31.7 Å². The number of para-hydroxylation sites is 1. The Morgan fingerprint density at radius 1 is 1.30 bits per heavy atom. The predicted octanol–water partition coefficient (Wildman–Crippen LogP) is 2.42. The van der Waals surface area contributed by atoms with E-state index in [2.05, 4.69) is 0 Å². The number of hydrogen-bond acceptors (Lipinski definition) is 3. The van der Waals surface area contributed by atoms with Crippen LogP contribution in [0.15, 0.2) is 24.3 Å². The van der Waals surface area contributed by atoms with Gasteiger partial charge >= 0.3 is 0 Å². The third kappa shape index (κ3) is 2.72. The molecule has 1 aromatic carbocycles. The quantitative estimate of drug-likeness (QED) is 0.901. The molecule has 1 aromatic rings. The molecule has 3 rings (SSSR count). The number of benzene rings is 1. The van der Waals surface area contributed by atoms with Crippen molar-refractivity contribution in [2.24, 2.45) is 0 Å². The maximum atomic E-state index is 12.5. The lowest BCUT2D eigenvalue weighted by Crippen LogP contribution is -2.39. The molecule has 0 radical (unpaired) electrons. The van der Waals surface area contributed by atoms with Gasteiger partial charge in [0.05, 0.1) is 18.6 Å². The first-order valence-electron chi connectivity index (χ1n) is 7.44. The van der Waals surface area contributed by atoms with Crippen molar-refractivity contribution in [2.75, 3.05) is 18.1 Å². The van der Waals surface area contributed by atoms with E-state index in [1.54, 1.807) is 4.90 Å². The minimum atomic E-state index is -0.457. The molecule has 2 heterocycles. The third-order valence-electron chi connectivity index (χ3n) is 4.19. The summed E-state index contributed by atoms with van der Waals surface area (Å²) in [7, 11) is 0. The number of carbonyl (C=O) groups excluding carboxylic acids is 1. The predicted molar refractivity (Wildman–Crippen MR) is 76.6 cm³/mol. The standard InChI is InChI=1S/C16H21NO3/c18-15-8-9-17(14-7-2-1-6-13(14)15)16(19)11-12-5-3-4-10-20-12/h1-2,6-7,12,15,18H,3-5,8-11H2. The van der Waals surface area contributed by atoms with Gasteiger partial charge in [-0.15, -0.1) is 0 Å². The number of hydrogen-bond donors (Lipinski definition) is 1. The van der Waals surface area contributed by atoms with Gasteiger partial charge in [-0.1, -0.05) is 18.2 Å². The van der Waals surface area contributed by atoms with Crippen molar-refractivity contribution in [3.05, 3.63) is 29.8 Å². The van der Waals surface area contributed by atoms with Gasteiger partial charge in [0.25, 0.3) is 0 Å². The Morgan fingerprint density at radius 2 is 2.15 bits per heavy atom. The van der Waals surface area contributed by atoms with Crippen LogP contribution in [-0.4, -0.2) is 30.3 Å². The van der Waals surface area contributed by atoms with Crippen molar-refractivity contribution in [3.8, 4) is 0 Å². The summed E-state index contributed by atoms with van der Waals surface area (Å²) in [5.41, 5.74) is 1.71. The van der Waals surface area contributed by atoms with Crippen LogP contribution in [0.1, 0.15) is 43.8 Å². The highest BCUT2D eigenvalue weighted by Crippen LogP contribution is 2.34. The first kappa shape index (κ1) is 13.6. The number of aliphatic hydroxyl groups is 1. The highest BCUT2D eigenvalue weighted by Gasteiger charge is 2.29. The van der Waals surface area contributed by atoms with Crippen LogP contribution in [0.25, 0.3) is 0 Å². The van der Waals surface area contributed by atoms with Crippen LogP contribution < -0.4 is 4.90 Å². The number of amides is 1. The van der Waals surface area contributed by atoms with Crippen LogP contribution in [0.3, 0.4) is 0 Å². The van der Waals surface area contributed by atoms with E-state index >= 15 is 0 Å². The summed E-state index contributed by atoms with van der Waals surface area (Å²) >= 11 is 0. The molecule has 0 aliphatic carbocycles. The lowest BCUT2D eigenvalue weighted by atomic mass is 9.98. The second-order valence-electron chi connectivity index (χ2n) is 5.60. The Morgan fingerprint density at radius 3 is 2.95 bits per heavy atom. The van der Waals surface area contributed by atoms with Gasteiger partial charge in [0, 0.05) is 24.4 Å². The van der Waals surface area contributed by atoms with Crippen molar-refractivity contribution < 1.29 is 14.6 Å². The SMILES string of the molecule is O=C(CC1CCCCO1)N1CCC(O)c2ccccc21. The number of aliphatic hydroxyl groups excluding tert-OH is 1. The zero-order valence-electron chi connectivity index (χ0n) is 11.6. The first-order chi connectivity index (χ1) is 9.75. The lowest BCUT2D eigenvalue weighted by Gasteiger charge is -2.33. The topological polar surface area (TPSA) is 49.8 Å². The maximum absolute atomic E-state index is 12.5. The van der Waals surface area contributed by atoms with Crippen molar-refractivity contribution in [3.63, 3.8) is 0 Å². The molecule has 1 saturated heterocycles. The van der Waals surface area contributed by atoms with E-state index in [1.165, 1.54) is 0 Å². The Bertz CT molecular complexity index is 482. The van der Waals surface area contributed by atoms with E-state index in [0.29, 0.717) is 19.4 Å². The van der Waals surface area contributed by atoms with Crippen LogP contribution in [0.4, 0.5) is 5.69 Å². The summed E-state index contributed by atoms with van der Waals surface area (Å²) in [4.78, 5) is 14.3. The Kier molecular flexibility index (Phi) is 4.03. The summed E-state index contributed by atoms with van der Waals surface area (Å²) < 4.78 is 5.65. The van der Waals surface area contributed by atoms with Gasteiger partial charge in [-0.25, -0.2) is 0 Å². The third-order valence-corrected chi connectivity index (χ3v) is 4.19. The molecule has 0 saturated carbocycles. The molecule has 20 heavy (non-hydrogen) atoms. The Labute approximate surface area is 119 Å². The molecule has 1 amide bonds. The minimum Gasteiger partial charge on any atom is -0.388 e. The number of fused-ring (bicyclic) bond motifs is 1. The first-order valence-corrected chi connectivity index (χ1v) is 7.44. The molecule has 2 unspecified atom stereocenters. The molecule has 0 spiro atoms. The summed E-state index contributed by atoms with van der Waals surface area (Å²) in [5.74, 6) is 0.108. The number of anilines is 1.